The number of nitrogens with one attached hydrogen (secondary N) is 1. The van der Waals surface area contributed by atoms with Gasteiger partial charge in [-0.05, 0) is 30.2 Å². The van der Waals surface area contributed by atoms with Crippen molar-refractivity contribution in [2.24, 2.45) is 0 Å². The Labute approximate surface area is 107 Å². The van der Waals surface area contributed by atoms with E-state index < -0.39 is 23.6 Å². The molecule has 0 fully saturated rings. The summed E-state index contributed by atoms with van der Waals surface area (Å²) >= 11 is 0. The van der Waals surface area contributed by atoms with Crippen molar-refractivity contribution >= 4 is 17.6 Å². The third-order valence-corrected chi connectivity index (χ3v) is 2.35. The number of alkyl halides is 3. The second-order valence-corrected chi connectivity index (χ2v) is 3.94. The summed E-state index contributed by atoms with van der Waals surface area (Å²) in [4.78, 5) is 21.4. The molecule has 0 saturated carbocycles. The van der Waals surface area contributed by atoms with E-state index in [2.05, 4.69) is 5.32 Å². The van der Waals surface area contributed by atoms with Gasteiger partial charge in [0.1, 0.15) is 0 Å². The van der Waals surface area contributed by atoms with E-state index in [1.54, 1.807) is 0 Å². The summed E-state index contributed by atoms with van der Waals surface area (Å²) in [5.74, 6) is -1.55. The molecule has 0 aliphatic rings. The highest BCUT2D eigenvalue weighted by atomic mass is 19.4. The van der Waals surface area contributed by atoms with E-state index in [0.717, 1.165) is 18.2 Å². The van der Waals surface area contributed by atoms with Crippen LogP contribution in [0.15, 0.2) is 18.2 Å². The van der Waals surface area contributed by atoms with Crippen molar-refractivity contribution in [3.05, 3.63) is 29.3 Å². The molecule has 19 heavy (non-hydrogen) atoms. The van der Waals surface area contributed by atoms with E-state index in [-0.39, 0.29) is 24.1 Å². The number of hydrogen-bond donors (Lipinski definition) is 2. The molecule has 1 amide bonds. The van der Waals surface area contributed by atoms with Crippen molar-refractivity contribution in [1.82, 2.24) is 0 Å². The lowest BCUT2D eigenvalue weighted by Gasteiger charge is -2.13. The SMILES string of the molecule is CC(=O)Nc1ccc(C(F)(F)F)cc1CCC(=O)O. The Hall–Kier alpha value is -2.05. The first-order chi connectivity index (χ1) is 8.70. The van der Waals surface area contributed by atoms with Crippen LogP contribution in [0.3, 0.4) is 0 Å². The van der Waals surface area contributed by atoms with Gasteiger partial charge in [-0.15, -0.1) is 0 Å². The number of amides is 1. The van der Waals surface area contributed by atoms with Crippen LogP contribution < -0.4 is 5.32 Å². The minimum absolute atomic E-state index is 0.0884. The van der Waals surface area contributed by atoms with E-state index in [1.807, 2.05) is 0 Å². The number of benzene rings is 1. The third-order valence-electron chi connectivity index (χ3n) is 2.35. The highest BCUT2D eigenvalue weighted by Gasteiger charge is 2.31. The predicted molar refractivity (Wildman–Crippen MR) is 61.7 cm³/mol. The van der Waals surface area contributed by atoms with Gasteiger partial charge in [0.15, 0.2) is 0 Å². The lowest BCUT2D eigenvalue weighted by molar-refractivity contribution is -0.137. The van der Waals surface area contributed by atoms with Gasteiger partial charge >= 0.3 is 12.1 Å². The fourth-order valence-electron chi connectivity index (χ4n) is 1.53. The van der Waals surface area contributed by atoms with Crippen LogP contribution in [0, 0.1) is 0 Å². The van der Waals surface area contributed by atoms with Crippen molar-refractivity contribution < 1.29 is 27.9 Å². The minimum atomic E-state index is -4.51. The highest BCUT2D eigenvalue weighted by Crippen LogP contribution is 2.32. The quantitative estimate of drug-likeness (QED) is 0.887. The van der Waals surface area contributed by atoms with Crippen LogP contribution >= 0.6 is 0 Å². The van der Waals surface area contributed by atoms with Crippen LogP contribution in [-0.2, 0) is 22.2 Å². The molecule has 0 aromatic heterocycles. The van der Waals surface area contributed by atoms with E-state index in [4.69, 9.17) is 5.11 Å². The molecule has 2 N–H and O–H groups in total. The number of carboxylic acids is 1. The molecule has 1 rings (SSSR count). The zero-order valence-electron chi connectivity index (χ0n) is 10.0. The van der Waals surface area contributed by atoms with Crippen LogP contribution in [0.5, 0.6) is 0 Å². The summed E-state index contributed by atoms with van der Waals surface area (Å²) in [5, 5.41) is 10.9. The molecule has 0 unspecified atom stereocenters. The smallest absolute Gasteiger partial charge is 0.416 e. The summed E-state index contributed by atoms with van der Waals surface area (Å²) in [6.07, 6.45) is -4.91. The first-order valence-corrected chi connectivity index (χ1v) is 5.39. The Balaban J connectivity index is 3.10. The predicted octanol–water partition coefficient (Wildman–Crippen LogP) is 2.68. The molecule has 0 bridgehead atoms. The van der Waals surface area contributed by atoms with Crippen molar-refractivity contribution in [2.45, 2.75) is 25.9 Å². The highest BCUT2D eigenvalue weighted by molar-refractivity contribution is 5.89. The molecule has 1 aromatic carbocycles. The Morgan fingerprint density at radius 2 is 1.95 bits per heavy atom. The topological polar surface area (TPSA) is 66.4 Å². The largest absolute Gasteiger partial charge is 0.481 e. The number of carbonyl (C=O) groups is 2. The first kappa shape index (κ1) is 15.0. The zero-order valence-corrected chi connectivity index (χ0v) is 10.0. The molecule has 0 aliphatic carbocycles. The number of aryl methyl sites for hydroxylation is 1. The first-order valence-electron chi connectivity index (χ1n) is 5.39. The minimum Gasteiger partial charge on any atom is -0.481 e. The monoisotopic (exact) mass is 275 g/mol. The Bertz CT molecular complexity index is 497. The molecule has 0 atom stereocenters. The van der Waals surface area contributed by atoms with Gasteiger partial charge in [0.05, 0.1) is 5.56 Å². The summed E-state index contributed by atoms with van der Waals surface area (Å²) in [6, 6.07) is 2.82. The molecule has 0 spiro atoms. The van der Waals surface area contributed by atoms with Crippen molar-refractivity contribution in [1.29, 1.82) is 0 Å². The van der Waals surface area contributed by atoms with E-state index in [1.165, 1.54) is 6.92 Å². The molecular weight excluding hydrogens is 263 g/mol. The van der Waals surface area contributed by atoms with Gasteiger partial charge in [0.2, 0.25) is 5.91 Å². The summed E-state index contributed by atoms with van der Waals surface area (Å²) in [6.45, 7) is 1.22. The van der Waals surface area contributed by atoms with Gasteiger partial charge in [-0.25, -0.2) is 0 Å². The number of carbonyl (C=O) groups excluding carboxylic acids is 1. The second kappa shape index (κ2) is 5.73. The van der Waals surface area contributed by atoms with Gasteiger partial charge in [0, 0.05) is 19.0 Å². The molecule has 0 saturated heterocycles. The maximum Gasteiger partial charge on any atom is 0.416 e. The van der Waals surface area contributed by atoms with Crippen molar-refractivity contribution in [3.63, 3.8) is 0 Å². The normalized spacial score (nSPS) is 11.2. The second-order valence-electron chi connectivity index (χ2n) is 3.94. The fourth-order valence-corrected chi connectivity index (χ4v) is 1.53. The van der Waals surface area contributed by atoms with Crippen LogP contribution in [0.4, 0.5) is 18.9 Å². The van der Waals surface area contributed by atoms with Crippen LogP contribution in [0.1, 0.15) is 24.5 Å². The van der Waals surface area contributed by atoms with Crippen molar-refractivity contribution in [3.8, 4) is 0 Å². The van der Waals surface area contributed by atoms with Crippen LogP contribution in [-0.4, -0.2) is 17.0 Å². The molecule has 104 valence electrons. The molecule has 1 aromatic rings. The number of carboxylic acid groups (broad SMARTS) is 1. The standard InChI is InChI=1S/C12H12F3NO3/c1-7(17)16-10-4-3-9(12(13,14)15)6-8(10)2-5-11(18)19/h3-4,6H,2,5H2,1H3,(H,16,17)(H,18,19). The number of hydrogen-bond acceptors (Lipinski definition) is 2. The lowest BCUT2D eigenvalue weighted by atomic mass is 10.0. The molecule has 7 heteroatoms. The lowest BCUT2D eigenvalue weighted by Crippen LogP contribution is -2.11. The Morgan fingerprint density at radius 3 is 2.42 bits per heavy atom. The molecule has 0 radical (unpaired) electrons. The number of anilines is 1. The summed E-state index contributed by atoms with van der Waals surface area (Å²) in [5.41, 5.74) is -0.531. The number of aliphatic carboxylic acids is 1. The number of halogens is 3. The molecule has 0 aliphatic heterocycles. The zero-order chi connectivity index (χ0) is 14.6. The van der Waals surface area contributed by atoms with Gasteiger partial charge in [-0.3, -0.25) is 9.59 Å². The van der Waals surface area contributed by atoms with Gasteiger partial charge in [-0.1, -0.05) is 0 Å². The van der Waals surface area contributed by atoms with Crippen molar-refractivity contribution in [2.75, 3.05) is 5.32 Å². The summed E-state index contributed by atoms with van der Waals surface area (Å²) < 4.78 is 37.7. The number of rotatable bonds is 4. The maximum absolute atomic E-state index is 12.6. The Kier molecular flexibility index (Phi) is 4.52. The molecule has 4 nitrogen and oxygen atoms in total. The molecule has 0 heterocycles. The maximum atomic E-state index is 12.6. The van der Waals surface area contributed by atoms with Gasteiger partial charge < -0.3 is 10.4 Å². The van der Waals surface area contributed by atoms with Gasteiger partial charge in [-0.2, -0.15) is 13.2 Å². The Morgan fingerprint density at radius 1 is 1.32 bits per heavy atom. The average molecular weight is 275 g/mol. The van der Waals surface area contributed by atoms with Gasteiger partial charge in [0.25, 0.3) is 0 Å². The average Bonchev–Trinajstić information content (AvgIpc) is 2.25. The third kappa shape index (κ3) is 4.61. The van der Waals surface area contributed by atoms with Crippen LogP contribution in [0.25, 0.3) is 0 Å². The van der Waals surface area contributed by atoms with E-state index in [9.17, 15) is 22.8 Å². The van der Waals surface area contributed by atoms with Crippen LogP contribution in [0.2, 0.25) is 0 Å². The van der Waals surface area contributed by atoms with E-state index in [0.29, 0.717) is 0 Å². The van der Waals surface area contributed by atoms with E-state index >= 15 is 0 Å². The fraction of sp³-hybridized carbons (Fsp3) is 0.333. The molecular formula is C12H12F3NO3. The summed E-state index contributed by atoms with van der Waals surface area (Å²) in [7, 11) is 0.